The van der Waals surface area contributed by atoms with E-state index in [2.05, 4.69) is 58.2 Å². The van der Waals surface area contributed by atoms with Gasteiger partial charge < -0.3 is 98.8 Å². The molecule has 0 radical (unpaired) electrons. The third kappa shape index (κ3) is 30.6. The Morgan fingerprint density at radius 3 is 1.41 bits per heavy atom. The van der Waals surface area contributed by atoms with Gasteiger partial charge in [-0.3, -0.25) is 76.7 Å². The molecule has 0 aliphatic carbocycles. The van der Waals surface area contributed by atoms with Crippen LogP contribution in [-0.2, 0) is 115 Å². The Hall–Kier alpha value is -13.7. The molecule has 1 aromatic heterocycles. The lowest BCUT2D eigenvalue weighted by Crippen LogP contribution is -2.61. The summed E-state index contributed by atoms with van der Waals surface area (Å²) in [7, 11) is 5.24. The number of amides is 15. The number of likely N-dealkylation sites (N-methyl/N-ethyl adjacent to an activating group) is 4. The van der Waals surface area contributed by atoms with E-state index in [9.17, 15) is 63.3 Å². The minimum Gasteiger partial charge on any atom is -0.508 e. The number of fused-ring (bicyclic) bond motifs is 1. The number of thioether (sulfide) groups is 1. The number of aromatic hydroxyl groups is 2. The lowest BCUT2D eigenvalue weighted by molar-refractivity contribution is -0.151. The van der Waals surface area contributed by atoms with Crippen molar-refractivity contribution in [1.29, 1.82) is 0 Å². The average Bonchev–Trinajstić information content (AvgIpc) is 1.75. The largest absolute Gasteiger partial charge is 0.508 e. The van der Waals surface area contributed by atoms with Crippen LogP contribution in [0.3, 0.4) is 0 Å². The van der Waals surface area contributed by atoms with E-state index in [1.807, 2.05) is 6.92 Å². The number of aromatic amines is 1. The van der Waals surface area contributed by atoms with Crippen molar-refractivity contribution in [2.45, 2.75) is 172 Å². The maximum Gasteiger partial charge on any atom is 0.305 e. The molecule has 1 saturated heterocycles. The number of rotatable bonds is 23. The fraction of sp³-hybridized carbons (Fsp3) is 0.413. The van der Waals surface area contributed by atoms with Gasteiger partial charge in [0.15, 0.2) is 0 Å². The number of carbonyl (C=O) groups excluding carboxylic acids is 15. The number of carboxylic acids is 1. The Bertz CT molecular complexity index is 5030. The van der Waals surface area contributed by atoms with Crippen molar-refractivity contribution in [3.8, 4) is 11.5 Å². The van der Waals surface area contributed by atoms with Gasteiger partial charge in [-0.05, 0) is 88.4 Å². The zero-order valence-electron chi connectivity index (χ0n) is 73.1. The Balaban J connectivity index is 1.20. The van der Waals surface area contributed by atoms with E-state index in [4.69, 9.17) is 5.73 Å². The van der Waals surface area contributed by atoms with Crippen LogP contribution in [0.15, 0.2) is 170 Å². The molecule has 0 saturated carbocycles. The zero-order valence-corrected chi connectivity index (χ0v) is 73.9. The number of carbonyl (C=O) groups is 16. The van der Waals surface area contributed by atoms with Crippen LogP contribution in [0.25, 0.3) is 10.9 Å². The van der Waals surface area contributed by atoms with E-state index in [0.717, 1.165) is 21.6 Å². The lowest BCUT2D eigenvalue weighted by atomic mass is 9.99. The molecule has 684 valence electrons. The Morgan fingerprint density at radius 1 is 0.461 bits per heavy atom. The first-order chi connectivity index (χ1) is 60.9. The van der Waals surface area contributed by atoms with E-state index in [0.29, 0.717) is 57.1 Å². The van der Waals surface area contributed by atoms with Crippen LogP contribution < -0.4 is 58.9 Å². The standard InChI is InChI=1S/C92H116N16O19S/c1-10-11-31-74-91(126)106(7)51-78(113)97-70(47-80(115)116)87(122)104-81(55(4)5)88(123)101-68(41-56-23-15-12-16-24-56)85(120)102-71(44-60-34-38-63(110)39-35-60)89(124)105(6)50-77(112)96-69(46-61-48-94-65-30-22-21-29-64(61)65)86(121)100-67(42-59-32-36-62(109)37-33-59)84(119)99-66(40-54(2)3)83(118)103-73(82(117)95-49-76(93)111)52-128-53-79(114)98-72(43-57-25-17-13-18-26-57)90(125)108(9)75(92(127)107(74)8)45-58-27-19-14-20-28-58/h12-30,32-39,48,54-55,66-75,81,94,109-110H,10-11,31,40-47,49-53H2,1-9H3,(H2,93,111)(H,95,117)(H,96,112)(H,97,113)(H,98,114)(H,99,119)(H,100,121)(H,101,123)(H,102,120)(H,103,118)(H,104,122)(H,115,116)/t66-,67-,68-,69-,70-,71-,72-,73-,74-,75-,81-/m0/s1. The number of nitrogens with one attached hydrogen (secondary N) is 11. The number of benzene rings is 6. The first kappa shape index (κ1) is 99.8. The number of aromatic nitrogens is 1. The van der Waals surface area contributed by atoms with Gasteiger partial charge in [0, 0.05) is 89.6 Å². The second-order valence-corrected chi connectivity index (χ2v) is 33.7. The number of aliphatic carboxylic acids is 1. The summed E-state index contributed by atoms with van der Waals surface area (Å²) in [6, 6.07) is 27.1. The van der Waals surface area contributed by atoms with Gasteiger partial charge in [0.1, 0.15) is 78.0 Å². The summed E-state index contributed by atoms with van der Waals surface area (Å²) >= 11 is 0.828. The summed E-state index contributed by atoms with van der Waals surface area (Å²) in [6.07, 6.45) is 0.0572. The van der Waals surface area contributed by atoms with Crippen LogP contribution >= 0.6 is 11.8 Å². The fourth-order valence-electron chi connectivity index (χ4n) is 14.7. The number of nitrogens with two attached hydrogens (primary N) is 1. The van der Waals surface area contributed by atoms with Gasteiger partial charge in [-0.1, -0.05) is 181 Å². The average molecular weight is 1780 g/mol. The molecule has 1 fully saturated rings. The highest BCUT2D eigenvalue weighted by Crippen LogP contribution is 2.24. The van der Waals surface area contributed by atoms with Gasteiger partial charge in [-0.25, -0.2) is 0 Å². The fourth-order valence-corrected chi connectivity index (χ4v) is 15.5. The summed E-state index contributed by atoms with van der Waals surface area (Å²) in [5.41, 5.74) is 9.08. The molecule has 1 aliphatic heterocycles. The molecule has 0 spiro atoms. The van der Waals surface area contributed by atoms with Gasteiger partial charge in [-0.15, -0.1) is 11.8 Å². The number of primary amides is 1. The number of H-pyrrole nitrogens is 1. The molecule has 0 unspecified atom stereocenters. The maximum atomic E-state index is 15.5. The highest BCUT2D eigenvalue weighted by atomic mass is 32.2. The van der Waals surface area contributed by atoms with Crippen LogP contribution in [0.2, 0.25) is 0 Å². The molecule has 36 heteroatoms. The van der Waals surface area contributed by atoms with E-state index in [1.165, 1.54) is 86.5 Å². The molecule has 15 amide bonds. The molecule has 2 heterocycles. The van der Waals surface area contributed by atoms with Crippen LogP contribution in [0.5, 0.6) is 11.5 Å². The van der Waals surface area contributed by atoms with E-state index in [1.54, 1.807) is 149 Å². The third-order valence-corrected chi connectivity index (χ3v) is 22.6. The molecule has 1 aliphatic rings. The second kappa shape index (κ2) is 48.7. The smallest absolute Gasteiger partial charge is 0.305 e. The number of hydrogen-bond acceptors (Lipinski definition) is 19. The third-order valence-electron chi connectivity index (χ3n) is 21.6. The molecule has 16 N–H and O–H groups in total. The number of phenols is 2. The van der Waals surface area contributed by atoms with Crippen LogP contribution in [0.4, 0.5) is 0 Å². The second-order valence-electron chi connectivity index (χ2n) is 32.7. The summed E-state index contributed by atoms with van der Waals surface area (Å²) in [6.45, 7) is 6.13. The molecule has 128 heavy (non-hydrogen) atoms. The monoisotopic (exact) mass is 1780 g/mol. The molecular weight excluding hydrogens is 1670 g/mol. The summed E-state index contributed by atoms with van der Waals surface area (Å²) in [4.78, 5) is 241. The predicted molar refractivity (Wildman–Crippen MR) is 477 cm³/mol. The topological polar surface area (TPSA) is 509 Å². The molecule has 35 nitrogen and oxygen atoms in total. The number of para-hydroxylation sites is 1. The van der Waals surface area contributed by atoms with Crippen LogP contribution in [0, 0.1) is 11.8 Å². The summed E-state index contributed by atoms with van der Waals surface area (Å²) in [5, 5.41) is 58.1. The van der Waals surface area contributed by atoms with E-state index in [-0.39, 0.29) is 74.5 Å². The molecule has 7 aromatic rings. The molecule has 6 aromatic carbocycles. The van der Waals surface area contributed by atoms with Crippen LogP contribution in [0.1, 0.15) is 100 Å². The Morgan fingerprint density at radius 2 is 0.891 bits per heavy atom. The first-order valence-electron chi connectivity index (χ1n) is 42.3. The van der Waals surface area contributed by atoms with Gasteiger partial charge in [0.05, 0.1) is 31.8 Å². The van der Waals surface area contributed by atoms with Gasteiger partial charge >= 0.3 is 5.97 Å². The summed E-state index contributed by atoms with van der Waals surface area (Å²) in [5.74, 6) is -17.6. The number of hydrogen-bond donors (Lipinski definition) is 15. The Kier molecular flexibility index (Phi) is 38.0. The molecule has 8 rings (SSSR count). The SMILES string of the molecule is CCCC[C@H]1C(=O)N(C)CC(=O)N[C@@H](CC(=O)O)C(=O)N[C@@H](C(C)C)C(=O)N[C@@H](Cc2ccccc2)C(=O)N[C@@H](Cc2ccc(O)cc2)C(=O)N(C)CC(=O)N[C@@H](Cc2c[nH]c3ccccc23)C(=O)N[C@@H](Cc2ccc(O)cc2)C(=O)N[C@@H](CC(C)C)C(=O)N[C@H](C(=O)NCC(N)=O)CSCC(=O)N[C@@H](Cc2ccccc2)C(=O)N(C)[C@@H](Cc2ccccc2)C(=O)N1C. The quantitative estimate of drug-likeness (QED) is 0.0435. The van der Waals surface area contributed by atoms with Gasteiger partial charge in [-0.2, -0.15) is 0 Å². The maximum absolute atomic E-state index is 15.5. The van der Waals surface area contributed by atoms with Crippen molar-refractivity contribution < 1.29 is 92.0 Å². The highest BCUT2D eigenvalue weighted by molar-refractivity contribution is 8.00. The number of unbranched alkanes of at least 4 members (excludes halogenated alkanes) is 1. The van der Waals surface area contributed by atoms with Crippen molar-refractivity contribution in [2.24, 2.45) is 17.6 Å². The molecule has 11 atom stereocenters. The zero-order chi connectivity index (χ0) is 93.4. The van der Waals surface area contributed by atoms with Crippen LogP contribution in [-0.4, -0.2) is 260 Å². The highest BCUT2D eigenvalue weighted by Gasteiger charge is 2.41. The van der Waals surface area contributed by atoms with Crippen molar-refractivity contribution in [1.82, 2.24) is 77.8 Å². The van der Waals surface area contributed by atoms with E-state index >= 15 is 28.8 Å². The lowest BCUT2D eigenvalue weighted by Gasteiger charge is -2.37. The molecular formula is C92H116N16O19S. The van der Waals surface area contributed by atoms with Crippen molar-refractivity contribution in [3.05, 3.63) is 203 Å². The minimum atomic E-state index is -1.91. The number of phenolic OH excluding ortho intramolecular Hbond substituents is 2. The van der Waals surface area contributed by atoms with Crippen molar-refractivity contribution in [3.63, 3.8) is 0 Å². The molecule has 0 bridgehead atoms. The summed E-state index contributed by atoms with van der Waals surface area (Å²) < 4.78 is 0. The first-order valence-corrected chi connectivity index (χ1v) is 43.4. The van der Waals surface area contributed by atoms with Crippen molar-refractivity contribution in [2.75, 3.05) is 59.3 Å². The van der Waals surface area contributed by atoms with Gasteiger partial charge in [0.25, 0.3) is 0 Å². The van der Waals surface area contributed by atoms with E-state index < -0.39 is 199 Å². The number of nitrogens with zero attached hydrogens (tertiary/aromatic N) is 4. The normalized spacial score (nSPS) is 21.9. The predicted octanol–water partition coefficient (Wildman–Crippen LogP) is 1.98. The minimum absolute atomic E-state index is 0.0295. The number of carboxylic acid groups (broad SMARTS) is 1. The van der Waals surface area contributed by atoms with Crippen molar-refractivity contribution >= 4 is 117 Å². The van der Waals surface area contributed by atoms with Gasteiger partial charge in [0.2, 0.25) is 88.6 Å². The Labute approximate surface area is 746 Å².